The fraction of sp³-hybridized carbons (Fsp3) is 0.963. The Morgan fingerprint density at radius 1 is 0.552 bits per heavy atom. The van der Waals surface area contributed by atoms with Crippen molar-refractivity contribution in [3.05, 3.63) is 0 Å². The first-order chi connectivity index (χ1) is 14.2. The normalized spacial score (nSPS) is 12.2. The van der Waals surface area contributed by atoms with Crippen LogP contribution in [0.5, 0.6) is 0 Å². The lowest BCUT2D eigenvalue weighted by Crippen LogP contribution is -2.17. The molecule has 0 aliphatic carbocycles. The predicted molar refractivity (Wildman–Crippen MR) is 128 cm³/mol. The number of carbonyl (C=O) groups is 1. The fourth-order valence-electron chi connectivity index (χ4n) is 4.03. The highest BCUT2D eigenvalue weighted by Crippen LogP contribution is 2.15. The van der Waals surface area contributed by atoms with Gasteiger partial charge in [0.05, 0.1) is 0 Å². The maximum atomic E-state index is 12.1. The molecule has 0 radical (unpaired) electrons. The third-order valence-corrected chi connectivity index (χ3v) is 6.12. The molecule has 0 saturated carbocycles. The minimum Gasteiger partial charge on any atom is -0.462 e. The Hall–Kier alpha value is -0.530. The van der Waals surface area contributed by atoms with Crippen molar-refractivity contribution in [3.63, 3.8) is 0 Å². The maximum Gasteiger partial charge on any atom is 0.306 e. The van der Waals surface area contributed by atoms with Crippen LogP contribution in [0.25, 0.3) is 0 Å². The molecule has 0 bridgehead atoms. The number of ether oxygens (including phenoxy) is 1. The van der Waals surface area contributed by atoms with Crippen LogP contribution >= 0.6 is 0 Å². The lowest BCUT2D eigenvalue weighted by molar-refractivity contribution is -0.149. The largest absolute Gasteiger partial charge is 0.462 e. The number of hydrogen-bond acceptors (Lipinski definition) is 2. The fourth-order valence-corrected chi connectivity index (χ4v) is 4.03. The third kappa shape index (κ3) is 22.0. The molecule has 2 heteroatoms. The smallest absolute Gasteiger partial charge is 0.306 e. The van der Waals surface area contributed by atoms with Gasteiger partial charge in [-0.05, 0) is 25.7 Å². The van der Waals surface area contributed by atoms with Gasteiger partial charge in [0.15, 0.2) is 0 Å². The molecule has 0 aliphatic rings. The van der Waals surface area contributed by atoms with Gasteiger partial charge in [0.1, 0.15) is 6.10 Å². The van der Waals surface area contributed by atoms with Crippen molar-refractivity contribution >= 4 is 5.97 Å². The van der Waals surface area contributed by atoms with Gasteiger partial charge in [-0.3, -0.25) is 4.79 Å². The number of rotatable bonds is 23. The monoisotopic (exact) mass is 410 g/mol. The zero-order valence-electron chi connectivity index (χ0n) is 20.5. The topological polar surface area (TPSA) is 26.3 Å². The number of esters is 1. The van der Waals surface area contributed by atoms with Crippen molar-refractivity contribution in [2.45, 2.75) is 168 Å². The summed E-state index contributed by atoms with van der Waals surface area (Å²) < 4.78 is 5.71. The molecule has 0 amide bonds. The molecule has 0 aromatic heterocycles. The van der Waals surface area contributed by atoms with E-state index in [0.29, 0.717) is 6.42 Å². The van der Waals surface area contributed by atoms with E-state index in [1.807, 2.05) is 0 Å². The highest BCUT2D eigenvalue weighted by molar-refractivity contribution is 5.69. The van der Waals surface area contributed by atoms with Gasteiger partial charge in [-0.15, -0.1) is 0 Å². The highest BCUT2D eigenvalue weighted by Gasteiger charge is 2.12. The Labute approximate surface area is 184 Å². The van der Waals surface area contributed by atoms with Crippen molar-refractivity contribution in [2.24, 2.45) is 0 Å². The van der Waals surface area contributed by atoms with E-state index in [-0.39, 0.29) is 12.1 Å². The van der Waals surface area contributed by atoms with Gasteiger partial charge in [0, 0.05) is 6.42 Å². The summed E-state index contributed by atoms with van der Waals surface area (Å²) in [5.41, 5.74) is 0. The molecule has 0 saturated heterocycles. The summed E-state index contributed by atoms with van der Waals surface area (Å²) in [6.07, 6.45) is 28.0. The quantitative estimate of drug-likeness (QED) is 0.124. The van der Waals surface area contributed by atoms with E-state index in [9.17, 15) is 4.79 Å². The standard InChI is InChI=1S/C27H54O2/c1-4-7-9-11-13-14-15-16-17-19-21-23-25-27(28)29-26(6-3)24-22-20-18-12-10-8-5-2/h26H,4-25H2,1-3H3. The van der Waals surface area contributed by atoms with Crippen molar-refractivity contribution in [1.29, 1.82) is 0 Å². The Morgan fingerprint density at radius 2 is 0.931 bits per heavy atom. The maximum absolute atomic E-state index is 12.1. The summed E-state index contributed by atoms with van der Waals surface area (Å²) >= 11 is 0. The van der Waals surface area contributed by atoms with E-state index in [4.69, 9.17) is 4.74 Å². The van der Waals surface area contributed by atoms with E-state index in [2.05, 4.69) is 20.8 Å². The molecular formula is C27H54O2. The lowest BCUT2D eigenvalue weighted by Gasteiger charge is -2.16. The first-order valence-electron chi connectivity index (χ1n) is 13.4. The first kappa shape index (κ1) is 28.5. The van der Waals surface area contributed by atoms with Crippen LogP contribution < -0.4 is 0 Å². The molecule has 0 heterocycles. The van der Waals surface area contributed by atoms with Crippen LogP contribution in [0, 0.1) is 0 Å². The zero-order chi connectivity index (χ0) is 21.4. The van der Waals surface area contributed by atoms with Gasteiger partial charge in [-0.1, -0.05) is 130 Å². The Kier molecular flexibility index (Phi) is 23.3. The summed E-state index contributed by atoms with van der Waals surface area (Å²) in [7, 11) is 0. The van der Waals surface area contributed by atoms with Gasteiger partial charge in [-0.25, -0.2) is 0 Å². The van der Waals surface area contributed by atoms with Crippen LogP contribution in [0.1, 0.15) is 162 Å². The van der Waals surface area contributed by atoms with Crippen LogP contribution in [0.2, 0.25) is 0 Å². The third-order valence-electron chi connectivity index (χ3n) is 6.12. The van der Waals surface area contributed by atoms with E-state index in [1.165, 1.54) is 116 Å². The molecular weight excluding hydrogens is 356 g/mol. The Balaban J connectivity index is 3.43. The molecule has 0 aromatic carbocycles. The molecule has 29 heavy (non-hydrogen) atoms. The molecule has 0 fully saturated rings. The molecule has 0 spiro atoms. The Morgan fingerprint density at radius 3 is 1.34 bits per heavy atom. The highest BCUT2D eigenvalue weighted by atomic mass is 16.5. The van der Waals surface area contributed by atoms with E-state index in [1.54, 1.807) is 0 Å². The van der Waals surface area contributed by atoms with Gasteiger partial charge >= 0.3 is 5.97 Å². The number of carbonyl (C=O) groups excluding carboxylic acids is 1. The predicted octanol–water partition coefficient (Wildman–Crippen LogP) is 9.54. The molecule has 1 unspecified atom stereocenters. The van der Waals surface area contributed by atoms with Crippen molar-refractivity contribution < 1.29 is 9.53 Å². The van der Waals surface area contributed by atoms with E-state index in [0.717, 1.165) is 19.3 Å². The van der Waals surface area contributed by atoms with Crippen LogP contribution in [0.3, 0.4) is 0 Å². The average molecular weight is 411 g/mol. The Bertz CT molecular complexity index is 326. The number of unbranched alkanes of at least 4 members (excludes halogenated alkanes) is 17. The van der Waals surface area contributed by atoms with Crippen molar-refractivity contribution in [1.82, 2.24) is 0 Å². The minimum absolute atomic E-state index is 0.0341. The van der Waals surface area contributed by atoms with Crippen LogP contribution in [0.4, 0.5) is 0 Å². The lowest BCUT2D eigenvalue weighted by atomic mass is 10.0. The number of hydrogen-bond donors (Lipinski definition) is 0. The first-order valence-corrected chi connectivity index (χ1v) is 13.4. The molecule has 0 aromatic rings. The molecule has 0 N–H and O–H groups in total. The van der Waals surface area contributed by atoms with Crippen LogP contribution in [-0.2, 0) is 9.53 Å². The van der Waals surface area contributed by atoms with Crippen molar-refractivity contribution in [2.75, 3.05) is 0 Å². The van der Waals surface area contributed by atoms with Gasteiger partial charge in [-0.2, -0.15) is 0 Å². The van der Waals surface area contributed by atoms with Gasteiger partial charge < -0.3 is 4.74 Å². The molecule has 2 nitrogen and oxygen atoms in total. The zero-order valence-corrected chi connectivity index (χ0v) is 20.5. The average Bonchev–Trinajstić information content (AvgIpc) is 2.73. The molecule has 1 atom stereocenters. The summed E-state index contributed by atoms with van der Waals surface area (Å²) in [5, 5.41) is 0. The molecule has 0 aliphatic heterocycles. The summed E-state index contributed by atoms with van der Waals surface area (Å²) in [6, 6.07) is 0. The second-order valence-corrected chi connectivity index (χ2v) is 9.07. The van der Waals surface area contributed by atoms with E-state index < -0.39 is 0 Å². The van der Waals surface area contributed by atoms with Crippen LogP contribution in [0.15, 0.2) is 0 Å². The van der Waals surface area contributed by atoms with Gasteiger partial charge in [0.25, 0.3) is 0 Å². The summed E-state index contributed by atoms with van der Waals surface area (Å²) in [4.78, 5) is 12.1. The second-order valence-electron chi connectivity index (χ2n) is 9.07. The SMILES string of the molecule is CCCCCCCCCCCCCCC(=O)OC(CC)CCCCCCCCC. The second kappa shape index (κ2) is 23.7. The summed E-state index contributed by atoms with van der Waals surface area (Å²) in [6.45, 7) is 6.68. The molecule has 0 rings (SSSR count). The van der Waals surface area contributed by atoms with E-state index >= 15 is 0 Å². The van der Waals surface area contributed by atoms with Gasteiger partial charge in [0.2, 0.25) is 0 Å². The molecule has 174 valence electrons. The van der Waals surface area contributed by atoms with Crippen molar-refractivity contribution in [3.8, 4) is 0 Å². The van der Waals surface area contributed by atoms with Crippen LogP contribution in [-0.4, -0.2) is 12.1 Å². The summed E-state index contributed by atoms with van der Waals surface area (Å²) in [5.74, 6) is 0.0341. The minimum atomic E-state index is 0.0341.